The first-order valence-corrected chi connectivity index (χ1v) is 10.9. The van der Waals surface area contributed by atoms with E-state index < -0.39 is 16.3 Å². The Morgan fingerprint density at radius 1 is 1.25 bits per heavy atom. The molecule has 1 fully saturated rings. The van der Waals surface area contributed by atoms with Crippen molar-refractivity contribution in [2.75, 3.05) is 39.5 Å². The van der Waals surface area contributed by atoms with Gasteiger partial charge in [0.2, 0.25) is 0 Å². The van der Waals surface area contributed by atoms with Gasteiger partial charge in [-0.3, -0.25) is 9.89 Å². The Morgan fingerprint density at radius 2 is 1.86 bits per heavy atom. The van der Waals surface area contributed by atoms with Crippen molar-refractivity contribution >= 4 is 39.8 Å². The monoisotopic (exact) mass is 530 g/mol. The predicted octanol–water partition coefficient (Wildman–Crippen LogP) is 2.15. The Balaban J connectivity index is 0.00000392. The zero-order valence-corrected chi connectivity index (χ0v) is 19.3. The summed E-state index contributed by atoms with van der Waals surface area (Å²) in [7, 11) is -1.48. The molecule has 0 aliphatic carbocycles. The highest BCUT2D eigenvalue weighted by molar-refractivity contribution is 14.0. The zero-order valence-electron chi connectivity index (χ0n) is 16.2. The highest BCUT2D eigenvalue weighted by atomic mass is 127. The van der Waals surface area contributed by atoms with Crippen LogP contribution >= 0.6 is 24.0 Å². The molecule has 0 radical (unpaired) electrons. The minimum absolute atomic E-state index is 0. The van der Waals surface area contributed by atoms with Crippen molar-refractivity contribution in [3.63, 3.8) is 0 Å². The van der Waals surface area contributed by atoms with E-state index in [1.165, 1.54) is 6.26 Å². The molecule has 28 heavy (non-hydrogen) atoms. The molecule has 0 unspecified atom stereocenters. The molecule has 2 N–H and O–H groups in total. The van der Waals surface area contributed by atoms with Crippen LogP contribution in [0.5, 0.6) is 0 Å². The van der Waals surface area contributed by atoms with Crippen LogP contribution in [0.2, 0.25) is 0 Å². The lowest BCUT2D eigenvalue weighted by atomic mass is 10.1. The van der Waals surface area contributed by atoms with Gasteiger partial charge < -0.3 is 10.6 Å². The third-order valence-corrected chi connectivity index (χ3v) is 5.73. The van der Waals surface area contributed by atoms with Crippen LogP contribution in [0.3, 0.4) is 0 Å². The highest BCUT2D eigenvalue weighted by Gasteiger charge is 2.21. The van der Waals surface area contributed by atoms with Crippen LogP contribution in [-0.4, -0.2) is 71.2 Å². The van der Waals surface area contributed by atoms with Gasteiger partial charge in [-0.15, -0.1) is 24.0 Å². The Hall–Kier alpha value is -1.01. The molecule has 1 saturated heterocycles. The summed E-state index contributed by atoms with van der Waals surface area (Å²) in [4.78, 5) is 6.31. The van der Waals surface area contributed by atoms with E-state index in [9.17, 15) is 17.2 Å². The summed E-state index contributed by atoms with van der Waals surface area (Å²) < 4.78 is 47.8. The summed E-state index contributed by atoms with van der Waals surface area (Å²) in [6.45, 7) is 1.82. The topological polar surface area (TPSA) is 73.8 Å². The number of guanidine groups is 1. The Morgan fingerprint density at radius 3 is 2.36 bits per heavy atom. The lowest BCUT2D eigenvalue weighted by molar-refractivity contribution is 0.0744. The maximum absolute atomic E-state index is 12.4. The molecular weight excluding hydrogens is 501 g/mol. The summed E-state index contributed by atoms with van der Waals surface area (Å²) in [6, 6.07) is 7.08. The molecule has 1 heterocycles. The largest absolute Gasteiger partial charge is 0.356 e. The quantitative estimate of drug-likeness (QED) is 0.321. The van der Waals surface area contributed by atoms with Crippen LogP contribution in [0.1, 0.15) is 18.4 Å². The fraction of sp³-hybridized carbons (Fsp3) is 0.611. The molecule has 1 aliphatic heterocycles. The number of rotatable bonds is 7. The molecule has 0 bridgehead atoms. The predicted molar refractivity (Wildman–Crippen MR) is 119 cm³/mol. The van der Waals surface area contributed by atoms with Gasteiger partial charge in [0.25, 0.3) is 6.43 Å². The van der Waals surface area contributed by atoms with Gasteiger partial charge in [-0.1, -0.05) is 12.1 Å². The standard InChI is InChI=1S/C18H28F2N4O2S.HI/c1-21-18(23-15-8-11-24(12-9-15)13-17(19)20)22-10-7-14-3-5-16(6-4-14)27(2,25)26;/h3-6,15,17H,7-13H2,1-2H3,(H2,21,22,23);1H. The number of nitrogens with zero attached hydrogens (tertiary/aromatic N) is 2. The number of hydrogen-bond donors (Lipinski definition) is 2. The van der Waals surface area contributed by atoms with Crippen molar-refractivity contribution in [1.82, 2.24) is 15.5 Å². The Bertz CT molecular complexity index is 722. The number of halogens is 3. The van der Waals surface area contributed by atoms with Crippen LogP contribution in [0, 0.1) is 0 Å². The smallest absolute Gasteiger partial charge is 0.251 e. The van der Waals surface area contributed by atoms with Crippen molar-refractivity contribution in [3.8, 4) is 0 Å². The molecular formula is C18H29F2IN4O2S. The molecule has 2 rings (SSSR count). The minimum atomic E-state index is -3.17. The molecule has 0 saturated carbocycles. The van der Waals surface area contributed by atoms with E-state index in [1.807, 2.05) is 12.1 Å². The van der Waals surface area contributed by atoms with E-state index in [4.69, 9.17) is 0 Å². The van der Waals surface area contributed by atoms with Gasteiger partial charge in [-0.2, -0.15) is 0 Å². The number of hydrogen-bond acceptors (Lipinski definition) is 4. The zero-order chi connectivity index (χ0) is 19.9. The normalized spacial score (nSPS) is 16.7. The second-order valence-corrected chi connectivity index (χ2v) is 8.79. The summed E-state index contributed by atoms with van der Waals surface area (Å²) in [5, 5.41) is 6.58. The number of nitrogens with one attached hydrogen (secondary N) is 2. The van der Waals surface area contributed by atoms with Crippen molar-refractivity contribution < 1.29 is 17.2 Å². The van der Waals surface area contributed by atoms with Gasteiger partial charge in [-0.05, 0) is 37.0 Å². The molecule has 0 spiro atoms. The van der Waals surface area contributed by atoms with Gasteiger partial charge in [0, 0.05) is 39.0 Å². The average molecular weight is 530 g/mol. The van der Waals surface area contributed by atoms with E-state index >= 15 is 0 Å². The average Bonchev–Trinajstić information content (AvgIpc) is 2.61. The van der Waals surface area contributed by atoms with Gasteiger partial charge >= 0.3 is 0 Å². The van der Waals surface area contributed by atoms with Gasteiger partial charge in [-0.25, -0.2) is 17.2 Å². The van der Waals surface area contributed by atoms with Gasteiger partial charge in [0.05, 0.1) is 11.4 Å². The molecule has 1 aromatic carbocycles. The molecule has 10 heteroatoms. The molecule has 1 aliphatic rings. The summed E-state index contributed by atoms with van der Waals surface area (Å²) in [5.41, 5.74) is 1.03. The van der Waals surface area contributed by atoms with Crippen LogP contribution in [-0.2, 0) is 16.3 Å². The first kappa shape index (κ1) is 25.0. The lowest BCUT2D eigenvalue weighted by Crippen LogP contribution is -2.49. The summed E-state index contributed by atoms with van der Waals surface area (Å²) >= 11 is 0. The number of sulfone groups is 1. The van der Waals surface area contributed by atoms with Crippen LogP contribution in [0.15, 0.2) is 34.2 Å². The third-order valence-electron chi connectivity index (χ3n) is 4.61. The fourth-order valence-corrected chi connectivity index (χ4v) is 3.70. The summed E-state index contributed by atoms with van der Waals surface area (Å²) in [6.07, 6.45) is 1.26. The second kappa shape index (κ2) is 11.9. The number of piperidine rings is 1. The van der Waals surface area contributed by atoms with Gasteiger partial charge in [0.15, 0.2) is 15.8 Å². The second-order valence-electron chi connectivity index (χ2n) is 6.78. The van der Waals surface area contributed by atoms with E-state index in [0.717, 1.165) is 24.8 Å². The number of aliphatic imine (C=N–C) groups is 1. The SMILES string of the molecule is CN=C(NCCc1ccc(S(C)(=O)=O)cc1)NC1CCN(CC(F)F)CC1.I. The third kappa shape index (κ3) is 8.56. The number of alkyl halides is 2. The molecule has 1 aromatic rings. The maximum atomic E-state index is 12.4. The van der Waals surface area contributed by atoms with E-state index in [-0.39, 0.29) is 36.6 Å². The van der Waals surface area contributed by atoms with Crippen LogP contribution < -0.4 is 10.6 Å². The summed E-state index contributed by atoms with van der Waals surface area (Å²) in [5.74, 6) is 0.690. The van der Waals surface area contributed by atoms with E-state index in [2.05, 4.69) is 15.6 Å². The highest BCUT2D eigenvalue weighted by Crippen LogP contribution is 2.12. The van der Waals surface area contributed by atoms with Crippen molar-refractivity contribution in [3.05, 3.63) is 29.8 Å². The molecule has 0 aromatic heterocycles. The molecule has 6 nitrogen and oxygen atoms in total. The first-order chi connectivity index (χ1) is 12.8. The van der Waals surface area contributed by atoms with Crippen molar-refractivity contribution in [2.45, 2.75) is 36.6 Å². The first-order valence-electron chi connectivity index (χ1n) is 9.04. The van der Waals surface area contributed by atoms with Crippen molar-refractivity contribution in [1.29, 1.82) is 0 Å². The fourth-order valence-electron chi connectivity index (χ4n) is 3.07. The Kier molecular flexibility index (Phi) is 10.6. The Labute approximate surface area is 183 Å². The number of benzene rings is 1. The van der Waals surface area contributed by atoms with Crippen molar-refractivity contribution in [2.24, 2.45) is 4.99 Å². The lowest BCUT2D eigenvalue weighted by Gasteiger charge is -2.32. The molecule has 0 atom stereocenters. The molecule has 160 valence electrons. The van der Waals surface area contributed by atoms with Crippen LogP contribution in [0.4, 0.5) is 8.78 Å². The van der Waals surface area contributed by atoms with E-state index in [0.29, 0.717) is 30.5 Å². The minimum Gasteiger partial charge on any atom is -0.356 e. The maximum Gasteiger partial charge on any atom is 0.251 e. The van der Waals surface area contributed by atoms with Crippen LogP contribution in [0.25, 0.3) is 0 Å². The van der Waals surface area contributed by atoms with E-state index in [1.54, 1.807) is 24.1 Å². The molecule has 0 amide bonds. The number of likely N-dealkylation sites (tertiary alicyclic amines) is 1. The van der Waals surface area contributed by atoms with Gasteiger partial charge in [0.1, 0.15) is 0 Å².